The molecular formula is C20H21NO3. The Hall–Kier alpha value is -2.33. The van der Waals surface area contributed by atoms with E-state index in [0.29, 0.717) is 19.1 Å². The van der Waals surface area contributed by atoms with Crippen LogP contribution in [0.5, 0.6) is 0 Å². The van der Waals surface area contributed by atoms with Gasteiger partial charge < -0.3 is 15.2 Å². The molecule has 2 aromatic carbocycles. The Balaban J connectivity index is 1.40. The zero-order valence-electron chi connectivity index (χ0n) is 13.4. The number of amides is 1. The van der Waals surface area contributed by atoms with Gasteiger partial charge in [0.05, 0.1) is 6.10 Å². The van der Waals surface area contributed by atoms with Gasteiger partial charge in [-0.15, -0.1) is 0 Å². The summed E-state index contributed by atoms with van der Waals surface area (Å²) in [6.07, 6.45) is 0.963. The first kappa shape index (κ1) is 15.2. The average molecular weight is 323 g/mol. The van der Waals surface area contributed by atoms with Gasteiger partial charge in [-0.25, -0.2) is 4.79 Å². The van der Waals surface area contributed by atoms with Gasteiger partial charge in [0, 0.05) is 12.5 Å². The first-order chi connectivity index (χ1) is 11.7. The normalized spacial score (nSPS) is 21.5. The molecule has 2 aliphatic carbocycles. The maximum atomic E-state index is 12.0. The van der Waals surface area contributed by atoms with Crippen LogP contribution in [0, 0.1) is 5.92 Å². The van der Waals surface area contributed by atoms with Gasteiger partial charge in [-0.05, 0) is 41.0 Å². The van der Waals surface area contributed by atoms with Gasteiger partial charge in [0.15, 0.2) is 0 Å². The topological polar surface area (TPSA) is 58.6 Å². The van der Waals surface area contributed by atoms with Crippen LogP contribution in [-0.2, 0) is 4.74 Å². The van der Waals surface area contributed by atoms with Crippen LogP contribution in [0.25, 0.3) is 11.1 Å². The van der Waals surface area contributed by atoms with Crippen molar-refractivity contribution in [2.24, 2.45) is 5.92 Å². The predicted octanol–water partition coefficient (Wildman–Crippen LogP) is 3.30. The van der Waals surface area contributed by atoms with Crippen molar-refractivity contribution < 1.29 is 14.6 Å². The summed E-state index contributed by atoms with van der Waals surface area (Å²) in [6.45, 7) is 0.918. The zero-order valence-corrected chi connectivity index (χ0v) is 13.4. The number of aliphatic hydroxyl groups excluding tert-OH is 1. The van der Waals surface area contributed by atoms with E-state index in [4.69, 9.17) is 4.74 Å². The van der Waals surface area contributed by atoms with Gasteiger partial charge >= 0.3 is 6.09 Å². The van der Waals surface area contributed by atoms with Crippen LogP contribution in [-0.4, -0.2) is 30.5 Å². The highest BCUT2D eigenvalue weighted by Crippen LogP contribution is 2.44. The van der Waals surface area contributed by atoms with E-state index >= 15 is 0 Å². The van der Waals surface area contributed by atoms with E-state index in [1.807, 2.05) is 24.3 Å². The molecule has 24 heavy (non-hydrogen) atoms. The van der Waals surface area contributed by atoms with Gasteiger partial charge in [0.2, 0.25) is 0 Å². The minimum Gasteiger partial charge on any atom is -0.449 e. The molecule has 0 aliphatic heterocycles. The second-order valence-electron chi connectivity index (χ2n) is 6.70. The third-order valence-electron chi connectivity index (χ3n) is 5.09. The van der Waals surface area contributed by atoms with E-state index in [9.17, 15) is 9.90 Å². The highest BCUT2D eigenvalue weighted by molar-refractivity contribution is 5.79. The molecule has 2 N–H and O–H groups in total. The van der Waals surface area contributed by atoms with Crippen LogP contribution in [0.2, 0.25) is 0 Å². The summed E-state index contributed by atoms with van der Waals surface area (Å²) in [7, 11) is 0. The maximum absolute atomic E-state index is 12.0. The molecule has 2 aromatic rings. The molecule has 1 amide bonds. The van der Waals surface area contributed by atoms with Gasteiger partial charge in [-0.2, -0.15) is 0 Å². The summed E-state index contributed by atoms with van der Waals surface area (Å²) in [5.41, 5.74) is 4.89. The van der Waals surface area contributed by atoms with E-state index in [-0.39, 0.29) is 18.1 Å². The summed E-state index contributed by atoms with van der Waals surface area (Å²) < 4.78 is 5.47. The first-order valence-corrected chi connectivity index (χ1v) is 8.49. The number of alkyl carbamates (subject to hydrolysis) is 1. The maximum Gasteiger partial charge on any atom is 0.407 e. The molecule has 0 radical (unpaired) electrons. The molecule has 2 aliphatic rings. The number of carbonyl (C=O) groups is 1. The molecule has 0 unspecified atom stereocenters. The summed E-state index contributed by atoms with van der Waals surface area (Å²) in [5, 5.41) is 12.1. The SMILES string of the molecule is O=C(NCC1CC(O)C1)OCC1c2ccccc2-c2ccccc21. The summed E-state index contributed by atoms with van der Waals surface area (Å²) >= 11 is 0. The number of nitrogens with one attached hydrogen (secondary N) is 1. The van der Waals surface area contributed by atoms with Crippen LogP contribution in [0.15, 0.2) is 48.5 Å². The van der Waals surface area contributed by atoms with Crippen molar-refractivity contribution in [1.82, 2.24) is 5.32 Å². The molecule has 1 fully saturated rings. The van der Waals surface area contributed by atoms with Crippen molar-refractivity contribution in [2.45, 2.75) is 24.9 Å². The molecule has 4 rings (SSSR count). The third kappa shape index (κ3) is 2.78. The van der Waals surface area contributed by atoms with Crippen LogP contribution in [0.3, 0.4) is 0 Å². The number of carbonyl (C=O) groups excluding carboxylic acids is 1. The fourth-order valence-corrected chi connectivity index (χ4v) is 3.74. The molecule has 0 bridgehead atoms. The number of hydrogen-bond donors (Lipinski definition) is 2. The second-order valence-corrected chi connectivity index (χ2v) is 6.70. The minimum absolute atomic E-state index is 0.0914. The van der Waals surface area contributed by atoms with Gasteiger partial charge in [-0.1, -0.05) is 48.5 Å². The first-order valence-electron chi connectivity index (χ1n) is 8.49. The monoisotopic (exact) mass is 323 g/mol. The van der Waals surface area contributed by atoms with Crippen molar-refractivity contribution >= 4 is 6.09 Å². The van der Waals surface area contributed by atoms with Crippen LogP contribution in [0.4, 0.5) is 4.79 Å². The summed E-state index contributed by atoms with van der Waals surface area (Å²) in [4.78, 5) is 12.0. The largest absolute Gasteiger partial charge is 0.449 e. The highest BCUT2D eigenvalue weighted by Gasteiger charge is 2.30. The number of aliphatic hydroxyl groups is 1. The zero-order chi connectivity index (χ0) is 16.5. The van der Waals surface area contributed by atoms with E-state index in [1.54, 1.807) is 0 Å². The lowest BCUT2D eigenvalue weighted by molar-refractivity contribution is 0.0420. The lowest BCUT2D eigenvalue weighted by Crippen LogP contribution is -2.38. The van der Waals surface area contributed by atoms with Gasteiger partial charge in [0.25, 0.3) is 0 Å². The molecule has 0 saturated heterocycles. The van der Waals surface area contributed by atoms with E-state index in [0.717, 1.165) is 12.8 Å². The van der Waals surface area contributed by atoms with E-state index in [1.165, 1.54) is 22.3 Å². The van der Waals surface area contributed by atoms with Gasteiger partial charge in [0.1, 0.15) is 6.61 Å². The van der Waals surface area contributed by atoms with Crippen molar-refractivity contribution in [3.8, 4) is 11.1 Å². The minimum atomic E-state index is -0.377. The number of rotatable bonds is 4. The molecule has 0 spiro atoms. The quantitative estimate of drug-likeness (QED) is 0.907. The summed E-state index contributed by atoms with van der Waals surface area (Å²) in [6, 6.07) is 16.6. The predicted molar refractivity (Wildman–Crippen MR) is 91.8 cm³/mol. The Kier molecular flexibility index (Phi) is 3.98. The molecule has 0 heterocycles. The number of ether oxygens (including phenoxy) is 1. The van der Waals surface area contributed by atoms with Crippen molar-refractivity contribution in [3.63, 3.8) is 0 Å². The molecule has 124 valence electrons. The van der Waals surface area contributed by atoms with E-state index < -0.39 is 0 Å². The molecule has 0 aromatic heterocycles. The molecule has 4 heteroatoms. The molecule has 1 saturated carbocycles. The smallest absolute Gasteiger partial charge is 0.407 e. The van der Waals surface area contributed by atoms with Crippen molar-refractivity contribution in [3.05, 3.63) is 59.7 Å². The fraction of sp³-hybridized carbons (Fsp3) is 0.350. The molecule has 4 nitrogen and oxygen atoms in total. The highest BCUT2D eigenvalue weighted by atomic mass is 16.5. The van der Waals surface area contributed by atoms with Crippen molar-refractivity contribution in [2.75, 3.05) is 13.2 Å². The molecule has 0 atom stereocenters. The van der Waals surface area contributed by atoms with E-state index in [2.05, 4.69) is 29.6 Å². The van der Waals surface area contributed by atoms with Gasteiger partial charge in [-0.3, -0.25) is 0 Å². The Labute approximate surface area is 141 Å². The second kappa shape index (κ2) is 6.29. The Morgan fingerprint density at radius 1 is 1.04 bits per heavy atom. The number of hydrogen-bond acceptors (Lipinski definition) is 3. The Bertz CT molecular complexity index is 707. The summed E-state index contributed by atoms with van der Waals surface area (Å²) in [5.74, 6) is 0.467. The standard InChI is InChI=1S/C20H21NO3/c22-14-9-13(10-14)11-21-20(23)24-12-19-17-7-3-1-5-15(17)16-6-2-4-8-18(16)19/h1-8,13-14,19,22H,9-12H2,(H,21,23). The Morgan fingerprint density at radius 2 is 1.62 bits per heavy atom. The lowest BCUT2D eigenvalue weighted by Gasteiger charge is -2.31. The van der Waals surface area contributed by atoms with Crippen LogP contribution < -0.4 is 5.32 Å². The fourth-order valence-electron chi connectivity index (χ4n) is 3.74. The van der Waals surface area contributed by atoms with Crippen LogP contribution >= 0.6 is 0 Å². The third-order valence-corrected chi connectivity index (χ3v) is 5.09. The average Bonchev–Trinajstić information content (AvgIpc) is 2.90. The van der Waals surface area contributed by atoms with Crippen LogP contribution in [0.1, 0.15) is 29.9 Å². The number of benzene rings is 2. The lowest BCUT2D eigenvalue weighted by atomic mass is 9.82. The van der Waals surface area contributed by atoms with Crippen molar-refractivity contribution in [1.29, 1.82) is 0 Å². The number of fused-ring (bicyclic) bond motifs is 3. The molecular weight excluding hydrogens is 302 g/mol. The Morgan fingerprint density at radius 3 is 2.21 bits per heavy atom.